The molecule has 4 nitrogen and oxygen atoms in total. The molecule has 2 aromatic carbocycles. The van der Waals surface area contributed by atoms with Gasteiger partial charge in [0.05, 0.1) is 11.6 Å². The number of hydrogen-bond acceptors (Lipinski definition) is 3. The molecule has 0 unspecified atom stereocenters. The molecule has 0 bridgehead atoms. The van der Waals surface area contributed by atoms with Gasteiger partial charge in [-0.1, -0.05) is 49.4 Å². The lowest BCUT2D eigenvalue weighted by Crippen LogP contribution is -2.31. The summed E-state index contributed by atoms with van der Waals surface area (Å²) in [5.41, 5.74) is 2.60. The number of hydrogen-bond donors (Lipinski definition) is 1. The number of rotatable bonds is 6. The number of benzene rings is 2. The first-order chi connectivity index (χ1) is 11.1. The van der Waals surface area contributed by atoms with E-state index in [1.807, 2.05) is 56.3 Å². The Hall–Kier alpha value is -2.62. The van der Waals surface area contributed by atoms with Crippen LogP contribution in [-0.4, -0.2) is 18.5 Å². The van der Waals surface area contributed by atoms with E-state index in [0.29, 0.717) is 5.56 Å². The molecule has 0 radical (unpaired) electrons. The Bertz CT molecular complexity index is 650. The van der Waals surface area contributed by atoms with Crippen molar-refractivity contribution in [3.8, 4) is 0 Å². The van der Waals surface area contributed by atoms with Gasteiger partial charge in [-0.25, -0.2) is 4.79 Å². The van der Waals surface area contributed by atoms with Crippen molar-refractivity contribution >= 4 is 11.9 Å². The fourth-order valence-electron chi connectivity index (χ4n) is 2.20. The molecule has 23 heavy (non-hydrogen) atoms. The third-order valence-electron chi connectivity index (χ3n) is 3.61. The molecule has 0 aromatic heterocycles. The number of esters is 1. The summed E-state index contributed by atoms with van der Waals surface area (Å²) in [6.45, 7) is 3.65. The molecule has 0 saturated heterocycles. The molecule has 2 rings (SSSR count). The van der Waals surface area contributed by atoms with Crippen molar-refractivity contribution < 1.29 is 14.3 Å². The molecular formula is C19H21NO3. The Morgan fingerprint density at radius 2 is 1.70 bits per heavy atom. The average molecular weight is 311 g/mol. The van der Waals surface area contributed by atoms with Gasteiger partial charge in [-0.15, -0.1) is 0 Å². The molecule has 1 atom stereocenters. The average Bonchev–Trinajstić information content (AvgIpc) is 2.60. The fraction of sp³-hybridized carbons (Fsp3) is 0.263. The number of ether oxygens (including phenoxy) is 1. The number of amides is 1. The van der Waals surface area contributed by atoms with Crippen molar-refractivity contribution in [3.05, 3.63) is 71.3 Å². The summed E-state index contributed by atoms with van der Waals surface area (Å²) in [4.78, 5) is 23.8. The lowest BCUT2D eigenvalue weighted by atomic mass is 10.1. The second-order valence-electron chi connectivity index (χ2n) is 5.33. The van der Waals surface area contributed by atoms with Crippen LogP contribution in [0.3, 0.4) is 0 Å². The zero-order valence-corrected chi connectivity index (χ0v) is 13.4. The third kappa shape index (κ3) is 4.95. The summed E-state index contributed by atoms with van der Waals surface area (Å²) in [6, 6.07) is 16.7. The maximum atomic E-state index is 11.9. The Kier molecular flexibility index (Phi) is 5.92. The molecule has 1 amide bonds. The smallest absolute Gasteiger partial charge is 0.338 e. The van der Waals surface area contributed by atoms with Gasteiger partial charge >= 0.3 is 5.97 Å². The fourth-order valence-corrected chi connectivity index (χ4v) is 2.20. The van der Waals surface area contributed by atoms with Crippen molar-refractivity contribution in [2.75, 3.05) is 6.61 Å². The Morgan fingerprint density at radius 1 is 1.04 bits per heavy atom. The lowest BCUT2D eigenvalue weighted by molar-refractivity contribution is -0.124. The van der Waals surface area contributed by atoms with Gasteiger partial charge in [0.25, 0.3) is 5.91 Å². The van der Waals surface area contributed by atoms with Gasteiger partial charge < -0.3 is 10.1 Å². The predicted octanol–water partition coefficient (Wildman–Crippen LogP) is 3.28. The van der Waals surface area contributed by atoms with E-state index in [1.54, 1.807) is 12.1 Å². The van der Waals surface area contributed by atoms with Crippen LogP contribution in [0.1, 0.15) is 41.4 Å². The molecular weight excluding hydrogens is 290 g/mol. The Morgan fingerprint density at radius 3 is 2.30 bits per heavy atom. The predicted molar refractivity (Wildman–Crippen MR) is 89.1 cm³/mol. The summed E-state index contributed by atoms with van der Waals surface area (Å²) in [5.74, 6) is -0.810. The summed E-state index contributed by atoms with van der Waals surface area (Å²) in [5, 5.41) is 2.81. The van der Waals surface area contributed by atoms with Gasteiger partial charge in [-0.3, -0.25) is 4.79 Å². The van der Waals surface area contributed by atoms with Crippen LogP contribution in [0.25, 0.3) is 0 Å². The van der Waals surface area contributed by atoms with Crippen LogP contribution in [-0.2, 0) is 16.0 Å². The van der Waals surface area contributed by atoms with E-state index in [0.717, 1.165) is 17.5 Å². The van der Waals surface area contributed by atoms with Crippen molar-refractivity contribution in [2.24, 2.45) is 0 Å². The van der Waals surface area contributed by atoms with Crippen LogP contribution < -0.4 is 5.32 Å². The van der Waals surface area contributed by atoms with E-state index in [-0.39, 0.29) is 18.6 Å². The van der Waals surface area contributed by atoms with E-state index in [4.69, 9.17) is 4.74 Å². The number of nitrogens with one attached hydrogen (secondary N) is 1. The van der Waals surface area contributed by atoms with Gasteiger partial charge in [0.2, 0.25) is 0 Å². The highest BCUT2D eigenvalue weighted by Gasteiger charge is 2.12. The minimum Gasteiger partial charge on any atom is -0.452 e. The SMILES string of the molecule is CCc1ccc(C(=O)OCC(=O)N[C@H](C)c2ccccc2)cc1. The first kappa shape index (κ1) is 16.7. The maximum absolute atomic E-state index is 11.9. The standard InChI is InChI=1S/C19H21NO3/c1-3-15-9-11-17(12-10-15)19(22)23-13-18(21)20-14(2)16-7-5-4-6-8-16/h4-12,14H,3,13H2,1-2H3,(H,20,21)/t14-/m1/s1. The summed E-state index contributed by atoms with van der Waals surface area (Å²) in [6.07, 6.45) is 0.912. The molecule has 120 valence electrons. The Labute approximate surface area is 136 Å². The first-order valence-electron chi connectivity index (χ1n) is 7.70. The molecule has 0 aliphatic carbocycles. The van der Waals surface area contributed by atoms with E-state index >= 15 is 0 Å². The molecule has 0 spiro atoms. The summed E-state index contributed by atoms with van der Waals surface area (Å²) < 4.78 is 5.05. The van der Waals surface area contributed by atoms with Gasteiger partial charge in [0.15, 0.2) is 6.61 Å². The van der Waals surface area contributed by atoms with Crippen LogP contribution >= 0.6 is 0 Å². The molecule has 0 heterocycles. The van der Waals surface area contributed by atoms with E-state index in [1.165, 1.54) is 0 Å². The van der Waals surface area contributed by atoms with Crippen LogP contribution in [0, 0.1) is 0 Å². The maximum Gasteiger partial charge on any atom is 0.338 e. The van der Waals surface area contributed by atoms with E-state index in [2.05, 4.69) is 5.32 Å². The summed E-state index contributed by atoms with van der Waals surface area (Å²) in [7, 11) is 0. The first-order valence-corrected chi connectivity index (χ1v) is 7.70. The molecule has 0 aliphatic rings. The zero-order valence-electron chi connectivity index (χ0n) is 13.4. The van der Waals surface area contributed by atoms with Crippen molar-refractivity contribution in [1.82, 2.24) is 5.32 Å². The van der Waals surface area contributed by atoms with E-state index < -0.39 is 5.97 Å². The van der Waals surface area contributed by atoms with Crippen LogP contribution in [0.5, 0.6) is 0 Å². The largest absolute Gasteiger partial charge is 0.452 e. The monoisotopic (exact) mass is 311 g/mol. The van der Waals surface area contributed by atoms with Gasteiger partial charge in [-0.2, -0.15) is 0 Å². The van der Waals surface area contributed by atoms with Crippen molar-refractivity contribution in [3.63, 3.8) is 0 Å². The molecule has 4 heteroatoms. The van der Waals surface area contributed by atoms with Gasteiger partial charge in [0.1, 0.15) is 0 Å². The minimum atomic E-state index is -0.491. The normalized spacial score (nSPS) is 11.6. The molecule has 2 aromatic rings. The molecule has 0 saturated carbocycles. The topological polar surface area (TPSA) is 55.4 Å². The van der Waals surface area contributed by atoms with Crippen LogP contribution in [0.15, 0.2) is 54.6 Å². The minimum absolute atomic E-state index is 0.133. The highest BCUT2D eigenvalue weighted by atomic mass is 16.5. The van der Waals surface area contributed by atoms with E-state index in [9.17, 15) is 9.59 Å². The number of carbonyl (C=O) groups is 2. The molecule has 1 N–H and O–H groups in total. The Balaban J connectivity index is 1.82. The highest BCUT2D eigenvalue weighted by Crippen LogP contribution is 2.11. The third-order valence-corrected chi connectivity index (χ3v) is 3.61. The molecule has 0 fully saturated rings. The number of carbonyl (C=O) groups excluding carboxylic acids is 2. The van der Waals surface area contributed by atoms with Crippen LogP contribution in [0.4, 0.5) is 0 Å². The zero-order chi connectivity index (χ0) is 16.7. The molecule has 0 aliphatic heterocycles. The van der Waals surface area contributed by atoms with Crippen molar-refractivity contribution in [2.45, 2.75) is 26.3 Å². The second kappa shape index (κ2) is 8.13. The second-order valence-corrected chi connectivity index (χ2v) is 5.33. The van der Waals surface area contributed by atoms with Crippen LogP contribution in [0.2, 0.25) is 0 Å². The summed E-state index contributed by atoms with van der Waals surface area (Å²) >= 11 is 0. The highest BCUT2D eigenvalue weighted by molar-refractivity contribution is 5.91. The lowest BCUT2D eigenvalue weighted by Gasteiger charge is -2.14. The van der Waals surface area contributed by atoms with Gasteiger partial charge in [-0.05, 0) is 36.6 Å². The van der Waals surface area contributed by atoms with Crippen molar-refractivity contribution in [1.29, 1.82) is 0 Å². The van der Waals surface area contributed by atoms with Gasteiger partial charge in [0, 0.05) is 0 Å². The number of aryl methyl sites for hydroxylation is 1. The quantitative estimate of drug-likeness (QED) is 0.833.